The summed E-state index contributed by atoms with van der Waals surface area (Å²) in [6, 6.07) is 0. The average Bonchev–Trinajstić information content (AvgIpc) is 2.99. The molecule has 1 unspecified atom stereocenters. The number of nitrogens with zero attached hydrogens (tertiary/aromatic N) is 2. The molecule has 0 amide bonds. The highest BCUT2D eigenvalue weighted by molar-refractivity contribution is 8.00. The summed E-state index contributed by atoms with van der Waals surface area (Å²) in [6.45, 7) is 0.760. The van der Waals surface area contributed by atoms with Gasteiger partial charge in [-0.15, -0.1) is 11.3 Å². The van der Waals surface area contributed by atoms with E-state index in [1.807, 2.05) is 4.57 Å². The van der Waals surface area contributed by atoms with Gasteiger partial charge in [0.05, 0.1) is 5.39 Å². The summed E-state index contributed by atoms with van der Waals surface area (Å²) < 4.78 is 1.86. The standard InChI is InChI=1S/C13H14N2OS3/c16-12-10-8-3-1-2-4-9(8)19-11(10)14-13-15(12)5-7(6-17)18-13/h7,17H,1-6H2. The van der Waals surface area contributed by atoms with Crippen LogP contribution in [0.2, 0.25) is 0 Å². The van der Waals surface area contributed by atoms with Gasteiger partial charge < -0.3 is 0 Å². The number of hydrogen-bond acceptors (Lipinski definition) is 5. The number of aromatic nitrogens is 2. The second kappa shape index (κ2) is 4.53. The van der Waals surface area contributed by atoms with Gasteiger partial charge in [-0.3, -0.25) is 9.36 Å². The first-order valence-electron chi connectivity index (χ1n) is 6.60. The summed E-state index contributed by atoms with van der Waals surface area (Å²) in [7, 11) is 0. The monoisotopic (exact) mass is 310 g/mol. The molecule has 0 aromatic carbocycles. The van der Waals surface area contributed by atoms with E-state index in [2.05, 4.69) is 12.6 Å². The van der Waals surface area contributed by atoms with Crippen molar-refractivity contribution in [1.82, 2.24) is 9.55 Å². The maximum atomic E-state index is 12.7. The second-order valence-corrected chi connectivity index (χ2v) is 7.84. The normalized spacial score (nSPS) is 21.6. The molecule has 0 bridgehead atoms. The average molecular weight is 310 g/mol. The Morgan fingerprint density at radius 2 is 2.21 bits per heavy atom. The molecule has 4 rings (SSSR count). The Kier molecular flexibility index (Phi) is 2.93. The van der Waals surface area contributed by atoms with E-state index in [4.69, 9.17) is 4.98 Å². The Hall–Kier alpha value is -0.460. The highest BCUT2D eigenvalue weighted by Crippen LogP contribution is 2.37. The Balaban J connectivity index is 1.97. The third kappa shape index (κ3) is 1.80. The zero-order chi connectivity index (χ0) is 13.0. The number of aryl methyl sites for hydroxylation is 2. The van der Waals surface area contributed by atoms with Crippen LogP contribution in [0.3, 0.4) is 0 Å². The van der Waals surface area contributed by atoms with Crippen molar-refractivity contribution >= 4 is 45.9 Å². The minimum absolute atomic E-state index is 0.177. The van der Waals surface area contributed by atoms with Gasteiger partial charge in [-0.2, -0.15) is 12.6 Å². The van der Waals surface area contributed by atoms with Gasteiger partial charge in [0.2, 0.25) is 0 Å². The zero-order valence-corrected chi connectivity index (χ0v) is 12.9. The van der Waals surface area contributed by atoms with Gasteiger partial charge in [0.1, 0.15) is 4.83 Å². The highest BCUT2D eigenvalue weighted by atomic mass is 32.2. The summed E-state index contributed by atoms with van der Waals surface area (Å²) >= 11 is 7.76. The first-order valence-corrected chi connectivity index (χ1v) is 8.93. The van der Waals surface area contributed by atoms with Crippen LogP contribution in [0.25, 0.3) is 10.2 Å². The minimum Gasteiger partial charge on any atom is -0.286 e. The molecule has 0 saturated heterocycles. The van der Waals surface area contributed by atoms with Crippen LogP contribution in [0.1, 0.15) is 23.3 Å². The summed E-state index contributed by atoms with van der Waals surface area (Å²) in [6.07, 6.45) is 4.62. The van der Waals surface area contributed by atoms with Crippen LogP contribution in [-0.4, -0.2) is 20.6 Å². The maximum absolute atomic E-state index is 12.7. The van der Waals surface area contributed by atoms with E-state index in [0.29, 0.717) is 5.25 Å². The van der Waals surface area contributed by atoms with E-state index in [1.165, 1.54) is 23.3 Å². The van der Waals surface area contributed by atoms with Gasteiger partial charge in [-0.05, 0) is 31.2 Å². The van der Waals surface area contributed by atoms with Crippen molar-refractivity contribution in [2.24, 2.45) is 0 Å². The molecule has 0 N–H and O–H groups in total. The third-order valence-electron chi connectivity index (χ3n) is 3.90. The van der Waals surface area contributed by atoms with Crippen molar-refractivity contribution in [3.8, 4) is 0 Å². The fraction of sp³-hybridized carbons (Fsp3) is 0.538. The molecular weight excluding hydrogens is 296 g/mol. The van der Waals surface area contributed by atoms with Crippen LogP contribution in [-0.2, 0) is 19.4 Å². The molecule has 19 heavy (non-hydrogen) atoms. The first kappa shape index (κ1) is 12.3. The maximum Gasteiger partial charge on any atom is 0.263 e. The lowest BCUT2D eigenvalue weighted by atomic mass is 9.97. The lowest BCUT2D eigenvalue weighted by Gasteiger charge is -2.10. The van der Waals surface area contributed by atoms with Gasteiger partial charge in [0.25, 0.3) is 5.56 Å². The number of hydrogen-bond donors (Lipinski definition) is 1. The molecule has 0 radical (unpaired) electrons. The Morgan fingerprint density at radius 3 is 3.05 bits per heavy atom. The Morgan fingerprint density at radius 1 is 1.37 bits per heavy atom. The fourth-order valence-electron chi connectivity index (χ4n) is 2.96. The molecule has 2 aromatic heterocycles. The van der Waals surface area contributed by atoms with Crippen molar-refractivity contribution in [2.75, 3.05) is 5.75 Å². The van der Waals surface area contributed by atoms with Gasteiger partial charge in [0, 0.05) is 22.4 Å². The highest BCUT2D eigenvalue weighted by Gasteiger charge is 2.27. The van der Waals surface area contributed by atoms with Crippen molar-refractivity contribution in [3.63, 3.8) is 0 Å². The van der Waals surface area contributed by atoms with E-state index in [0.717, 1.165) is 40.5 Å². The number of thiol groups is 1. The van der Waals surface area contributed by atoms with E-state index >= 15 is 0 Å². The molecular formula is C13H14N2OS3. The SMILES string of the molecule is O=c1c2c3c(sc2nc2n1CC(CS)S2)CCCC3. The predicted octanol–water partition coefficient (Wildman–Crippen LogP) is 2.74. The van der Waals surface area contributed by atoms with Crippen LogP contribution in [0.15, 0.2) is 9.95 Å². The van der Waals surface area contributed by atoms with Crippen molar-refractivity contribution < 1.29 is 0 Å². The third-order valence-corrected chi connectivity index (χ3v) is 6.95. The summed E-state index contributed by atoms with van der Waals surface area (Å²) in [4.78, 5) is 19.8. The quantitative estimate of drug-likeness (QED) is 0.650. The van der Waals surface area contributed by atoms with Crippen LogP contribution in [0, 0.1) is 0 Å². The number of thiophene rings is 1. The lowest BCUT2D eigenvalue weighted by Crippen LogP contribution is -2.22. The fourth-order valence-corrected chi connectivity index (χ4v) is 5.63. The van der Waals surface area contributed by atoms with E-state index in [9.17, 15) is 4.79 Å². The molecule has 0 fully saturated rings. The smallest absolute Gasteiger partial charge is 0.263 e. The molecule has 0 spiro atoms. The number of fused-ring (bicyclic) bond motifs is 4. The lowest BCUT2D eigenvalue weighted by molar-refractivity contribution is 0.631. The zero-order valence-electron chi connectivity index (χ0n) is 10.4. The Labute approximate surface area is 124 Å². The van der Waals surface area contributed by atoms with E-state index in [-0.39, 0.29) is 5.56 Å². The molecule has 1 aliphatic heterocycles. The molecule has 1 aliphatic carbocycles. The largest absolute Gasteiger partial charge is 0.286 e. The molecule has 100 valence electrons. The van der Waals surface area contributed by atoms with Gasteiger partial charge in [0.15, 0.2) is 5.16 Å². The second-order valence-electron chi connectivity index (χ2n) is 5.12. The molecule has 3 heterocycles. The summed E-state index contributed by atoms with van der Waals surface area (Å²) in [5, 5.41) is 2.18. The van der Waals surface area contributed by atoms with Crippen molar-refractivity contribution in [2.45, 2.75) is 42.6 Å². The van der Waals surface area contributed by atoms with Crippen LogP contribution in [0.5, 0.6) is 0 Å². The number of thioether (sulfide) groups is 1. The van der Waals surface area contributed by atoms with Crippen LogP contribution in [0.4, 0.5) is 0 Å². The molecule has 1 atom stereocenters. The molecule has 2 aromatic rings. The van der Waals surface area contributed by atoms with Gasteiger partial charge >= 0.3 is 0 Å². The van der Waals surface area contributed by atoms with E-state index < -0.39 is 0 Å². The Bertz CT molecular complexity index is 719. The first-order chi connectivity index (χ1) is 9.28. The molecule has 3 nitrogen and oxygen atoms in total. The molecule has 2 aliphatic rings. The number of rotatable bonds is 1. The molecule has 0 saturated carbocycles. The van der Waals surface area contributed by atoms with Gasteiger partial charge in [-0.1, -0.05) is 11.8 Å². The summed E-state index contributed by atoms with van der Waals surface area (Å²) in [5.74, 6) is 0.791. The van der Waals surface area contributed by atoms with Crippen molar-refractivity contribution in [3.05, 3.63) is 20.8 Å². The topological polar surface area (TPSA) is 34.9 Å². The van der Waals surface area contributed by atoms with Crippen LogP contribution < -0.4 is 5.56 Å². The predicted molar refractivity (Wildman–Crippen MR) is 84.0 cm³/mol. The van der Waals surface area contributed by atoms with Gasteiger partial charge in [-0.25, -0.2) is 4.98 Å². The van der Waals surface area contributed by atoms with Crippen molar-refractivity contribution in [1.29, 1.82) is 0 Å². The van der Waals surface area contributed by atoms with E-state index in [1.54, 1.807) is 23.1 Å². The minimum atomic E-state index is 0.177. The summed E-state index contributed by atoms with van der Waals surface area (Å²) in [5.41, 5.74) is 1.47. The van der Waals surface area contributed by atoms with Crippen LogP contribution >= 0.6 is 35.7 Å². The molecule has 6 heteroatoms.